The van der Waals surface area contributed by atoms with Crippen molar-refractivity contribution in [2.45, 2.75) is 6.42 Å². The van der Waals surface area contributed by atoms with Crippen LogP contribution in [-0.4, -0.2) is 23.6 Å². The Morgan fingerprint density at radius 1 is 0.875 bits per heavy atom. The summed E-state index contributed by atoms with van der Waals surface area (Å²) in [5, 5.41) is 10.7. The van der Waals surface area contributed by atoms with Gasteiger partial charge in [-0.25, -0.2) is 9.97 Å². The Labute approximate surface area is 194 Å². The molecule has 0 saturated carbocycles. The van der Waals surface area contributed by atoms with Gasteiger partial charge in [-0.05, 0) is 48.4 Å². The number of aromatic nitrogens is 2. The van der Waals surface area contributed by atoms with Gasteiger partial charge < -0.3 is 15.4 Å². The third kappa shape index (κ3) is 4.59. The zero-order valence-corrected chi connectivity index (χ0v) is 19.2. The molecule has 0 saturated heterocycles. The lowest BCUT2D eigenvalue weighted by atomic mass is 10.1. The Kier molecular flexibility index (Phi) is 6.00. The summed E-state index contributed by atoms with van der Waals surface area (Å²) in [5.41, 5.74) is 5.25. The summed E-state index contributed by atoms with van der Waals surface area (Å²) in [6.07, 6.45) is 0.936. The first kappa shape index (κ1) is 20.5. The van der Waals surface area contributed by atoms with Crippen LogP contribution in [0.1, 0.15) is 5.56 Å². The number of nitrogens with zero attached hydrogens (tertiary/aromatic N) is 2. The van der Waals surface area contributed by atoms with Crippen LogP contribution in [0, 0.1) is 0 Å². The zero-order valence-electron chi connectivity index (χ0n) is 17.5. The summed E-state index contributed by atoms with van der Waals surface area (Å²) < 4.78 is 6.66. The summed E-state index contributed by atoms with van der Waals surface area (Å²) in [6, 6.07) is 24.6. The van der Waals surface area contributed by atoms with E-state index < -0.39 is 0 Å². The summed E-state index contributed by atoms with van der Waals surface area (Å²) in [4.78, 5) is 9.34. The number of benzene rings is 3. The minimum Gasteiger partial charge on any atom is -0.496 e. The minimum absolute atomic E-state index is 0.827. The Morgan fingerprint density at radius 3 is 2.53 bits per heavy atom. The van der Waals surface area contributed by atoms with Gasteiger partial charge in [0.25, 0.3) is 0 Å². The smallest absolute Gasteiger partial charge is 0.187 e. The fourth-order valence-electron chi connectivity index (χ4n) is 3.45. The molecule has 0 radical (unpaired) electrons. The fourth-order valence-corrected chi connectivity index (χ4v) is 5.07. The van der Waals surface area contributed by atoms with Gasteiger partial charge in [-0.2, -0.15) is 0 Å². The third-order valence-corrected chi connectivity index (χ3v) is 6.83. The van der Waals surface area contributed by atoms with Crippen molar-refractivity contribution in [3.8, 4) is 17.0 Å². The first-order chi connectivity index (χ1) is 15.8. The number of thiazole rings is 2. The van der Waals surface area contributed by atoms with Gasteiger partial charge in [-0.1, -0.05) is 47.7 Å². The molecular weight excluding hydrogens is 436 g/mol. The van der Waals surface area contributed by atoms with E-state index in [9.17, 15) is 0 Å². The molecule has 0 aliphatic rings. The highest BCUT2D eigenvalue weighted by Gasteiger charge is 2.09. The van der Waals surface area contributed by atoms with Gasteiger partial charge in [0.1, 0.15) is 5.75 Å². The Hall–Kier alpha value is -3.42. The molecule has 0 fully saturated rings. The highest BCUT2D eigenvalue weighted by Crippen LogP contribution is 2.33. The molecule has 0 bridgehead atoms. The lowest BCUT2D eigenvalue weighted by molar-refractivity contribution is 0.416. The number of anilines is 3. The summed E-state index contributed by atoms with van der Waals surface area (Å²) >= 11 is 3.27. The fraction of sp³-hybridized carbons (Fsp3) is 0.120. The second-order valence-corrected chi connectivity index (χ2v) is 9.11. The van der Waals surface area contributed by atoms with E-state index in [-0.39, 0.29) is 0 Å². The number of fused-ring (bicyclic) bond motifs is 1. The molecule has 5 nitrogen and oxygen atoms in total. The van der Waals surface area contributed by atoms with Crippen LogP contribution < -0.4 is 15.4 Å². The van der Waals surface area contributed by atoms with Crippen molar-refractivity contribution in [3.05, 3.63) is 83.7 Å². The highest BCUT2D eigenvalue weighted by molar-refractivity contribution is 7.22. The van der Waals surface area contributed by atoms with Crippen molar-refractivity contribution in [1.82, 2.24) is 9.97 Å². The molecule has 0 atom stereocenters. The summed E-state index contributed by atoms with van der Waals surface area (Å²) in [7, 11) is 1.68. The first-order valence-electron chi connectivity index (χ1n) is 10.3. The van der Waals surface area contributed by atoms with Gasteiger partial charge in [0.05, 0.1) is 23.0 Å². The number of hydrogen-bond donors (Lipinski definition) is 2. The molecule has 0 unspecified atom stereocenters. The van der Waals surface area contributed by atoms with E-state index >= 15 is 0 Å². The second kappa shape index (κ2) is 9.38. The zero-order chi connectivity index (χ0) is 21.8. The van der Waals surface area contributed by atoms with Gasteiger partial charge in [-0.15, -0.1) is 11.3 Å². The average molecular weight is 459 g/mol. The molecule has 160 valence electrons. The van der Waals surface area contributed by atoms with Crippen LogP contribution >= 0.6 is 22.7 Å². The van der Waals surface area contributed by atoms with Crippen LogP contribution in [0.2, 0.25) is 0 Å². The van der Waals surface area contributed by atoms with Crippen LogP contribution in [0.3, 0.4) is 0 Å². The molecule has 0 spiro atoms. The van der Waals surface area contributed by atoms with Crippen molar-refractivity contribution in [2.24, 2.45) is 0 Å². The third-order valence-electron chi connectivity index (χ3n) is 5.08. The van der Waals surface area contributed by atoms with Gasteiger partial charge in [0, 0.05) is 23.2 Å². The molecule has 2 N–H and O–H groups in total. The van der Waals surface area contributed by atoms with E-state index in [0.29, 0.717) is 0 Å². The van der Waals surface area contributed by atoms with Crippen LogP contribution in [-0.2, 0) is 6.42 Å². The monoisotopic (exact) mass is 458 g/mol. The van der Waals surface area contributed by atoms with Crippen LogP contribution in [0.25, 0.3) is 21.5 Å². The van der Waals surface area contributed by atoms with Gasteiger partial charge in [-0.3, -0.25) is 0 Å². The van der Waals surface area contributed by atoms with Crippen LogP contribution in [0.4, 0.5) is 16.0 Å². The lowest BCUT2D eigenvalue weighted by Gasteiger charge is -2.06. The quantitative estimate of drug-likeness (QED) is 0.267. The van der Waals surface area contributed by atoms with E-state index in [0.717, 1.165) is 51.4 Å². The van der Waals surface area contributed by atoms with Crippen molar-refractivity contribution >= 4 is 48.8 Å². The number of hydrogen-bond acceptors (Lipinski definition) is 7. The summed E-state index contributed by atoms with van der Waals surface area (Å²) in [6.45, 7) is 0.849. The van der Waals surface area contributed by atoms with E-state index in [1.165, 1.54) is 10.3 Å². The molecule has 0 amide bonds. The van der Waals surface area contributed by atoms with Gasteiger partial charge >= 0.3 is 0 Å². The highest BCUT2D eigenvalue weighted by atomic mass is 32.1. The standard InChI is InChI=1S/C25H22N4OS2/c1-30-22-8-4-2-6-19(22)21-16-31-25(29-21)27-18-12-10-17(11-13-18)14-15-26-24-28-20-7-3-5-9-23(20)32-24/h2-13,16H,14-15H2,1H3,(H,26,28)(H,27,29). The topological polar surface area (TPSA) is 59.1 Å². The molecular formula is C25H22N4OS2. The minimum atomic E-state index is 0.827. The van der Waals surface area contributed by atoms with Gasteiger partial charge in [0.2, 0.25) is 0 Å². The normalized spacial score (nSPS) is 10.9. The maximum atomic E-state index is 5.45. The number of ether oxygens (including phenoxy) is 1. The molecule has 5 aromatic rings. The van der Waals surface area contributed by atoms with E-state index in [1.54, 1.807) is 29.8 Å². The van der Waals surface area contributed by atoms with Crippen molar-refractivity contribution in [3.63, 3.8) is 0 Å². The van der Waals surface area contributed by atoms with Crippen molar-refractivity contribution < 1.29 is 4.74 Å². The largest absolute Gasteiger partial charge is 0.496 e. The molecule has 0 aliphatic carbocycles. The predicted octanol–water partition coefficient (Wildman–Crippen LogP) is 6.83. The summed E-state index contributed by atoms with van der Waals surface area (Å²) in [5.74, 6) is 0.827. The maximum absolute atomic E-state index is 5.45. The lowest BCUT2D eigenvalue weighted by Crippen LogP contribution is -2.04. The molecule has 2 heterocycles. The number of rotatable bonds is 8. The first-order valence-corrected chi connectivity index (χ1v) is 12.0. The second-order valence-electron chi connectivity index (χ2n) is 7.22. The number of methoxy groups -OCH3 is 1. The molecule has 2 aromatic heterocycles. The molecule has 3 aromatic carbocycles. The van der Waals surface area contributed by atoms with E-state index in [4.69, 9.17) is 9.72 Å². The van der Waals surface area contributed by atoms with Crippen LogP contribution in [0.15, 0.2) is 78.2 Å². The number of nitrogens with one attached hydrogen (secondary N) is 2. The Balaban J connectivity index is 1.17. The Morgan fingerprint density at radius 2 is 1.69 bits per heavy atom. The van der Waals surface area contributed by atoms with Crippen molar-refractivity contribution in [2.75, 3.05) is 24.3 Å². The predicted molar refractivity (Wildman–Crippen MR) is 136 cm³/mol. The van der Waals surface area contributed by atoms with Crippen LogP contribution in [0.5, 0.6) is 5.75 Å². The number of para-hydroxylation sites is 2. The van der Waals surface area contributed by atoms with Crippen molar-refractivity contribution in [1.29, 1.82) is 0 Å². The van der Waals surface area contributed by atoms with Gasteiger partial charge in [0.15, 0.2) is 10.3 Å². The maximum Gasteiger partial charge on any atom is 0.187 e. The SMILES string of the molecule is COc1ccccc1-c1csc(Nc2ccc(CCNc3nc4ccccc4s3)cc2)n1. The molecule has 32 heavy (non-hydrogen) atoms. The molecule has 5 rings (SSSR count). The Bertz CT molecular complexity index is 1290. The van der Waals surface area contributed by atoms with E-state index in [2.05, 4.69) is 45.9 Å². The molecule has 7 heteroatoms. The van der Waals surface area contributed by atoms with E-state index in [1.807, 2.05) is 47.8 Å². The average Bonchev–Trinajstić information content (AvgIpc) is 3.47. The molecule has 0 aliphatic heterocycles.